The van der Waals surface area contributed by atoms with Gasteiger partial charge in [0.1, 0.15) is 0 Å². The first-order valence-electron chi connectivity index (χ1n) is 6.17. The van der Waals surface area contributed by atoms with Crippen LogP contribution in [0.15, 0.2) is 24.3 Å². The number of carbonyl (C=O) groups is 1. The fraction of sp³-hybridized carbons (Fsp3) is 0.500. The van der Waals surface area contributed by atoms with Crippen molar-refractivity contribution >= 4 is 33.4 Å². The van der Waals surface area contributed by atoms with Crippen molar-refractivity contribution < 1.29 is 4.79 Å². The molecule has 98 valence electrons. The molecule has 0 saturated heterocycles. The summed E-state index contributed by atoms with van der Waals surface area (Å²) in [6, 6.07) is 7.47. The van der Waals surface area contributed by atoms with E-state index in [-0.39, 0.29) is 5.91 Å². The zero-order valence-electron chi connectivity index (χ0n) is 10.4. The van der Waals surface area contributed by atoms with Gasteiger partial charge in [-0.3, -0.25) is 4.79 Å². The van der Waals surface area contributed by atoms with Gasteiger partial charge < -0.3 is 4.90 Å². The molecule has 0 aliphatic heterocycles. The highest BCUT2D eigenvalue weighted by Gasteiger charge is 2.28. The molecule has 0 bridgehead atoms. The van der Waals surface area contributed by atoms with Gasteiger partial charge in [-0.1, -0.05) is 39.7 Å². The third kappa shape index (κ3) is 3.72. The van der Waals surface area contributed by atoms with Crippen LogP contribution in [0, 0.1) is 5.92 Å². The Labute approximate surface area is 121 Å². The zero-order chi connectivity index (χ0) is 13.1. The van der Waals surface area contributed by atoms with Gasteiger partial charge in [-0.05, 0) is 36.5 Å². The fourth-order valence-electron chi connectivity index (χ4n) is 2.20. The van der Waals surface area contributed by atoms with Gasteiger partial charge in [0.25, 0.3) is 0 Å². The fourth-order valence-corrected chi connectivity index (χ4v) is 3.39. The Morgan fingerprint density at radius 1 is 1.39 bits per heavy atom. The Hall–Kier alpha value is -0.540. The molecule has 0 unspecified atom stereocenters. The largest absolute Gasteiger partial charge is 0.345 e. The predicted octanol–water partition coefficient (Wildman–Crippen LogP) is 3.51. The average Bonchev–Trinajstić information content (AvgIpc) is 2.30. The van der Waals surface area contributed by atoms with E-state index in [0.717, 1.165) is 12.1 Å². The van der Waals surface area contributed by atoms with E-state index in [4.69, 9.17) is 11.6 Å². The lowest BCUT2D eigenvalue weighted by Crippen LogP contribution is -2.38. The monoisotopic (exact) mass is 329 g/mol. The number of benzene rings is 1. The Morgan fingerprint density at radius 2 is 2.00 bits per heavy atom. The summed E-state index contributed by atoms with van der Waals surface area (Å²) in [7, 11) is 1.89. The lowest BCUT2D eigenvalue weighted by atomic mass is 9.85. The highest BCUT2D eigenvalue weighted by atomic mass is 79.9. The number of halogens is 2. The van der Waals surface area contributed by atoms with Crippen molar-refractivity contribution in [3.8, 4) is 0 Å². The molecule has 0 heterocycles. The number of rotatable bonds is 4. The lowest BCUT2D eigenvalue weighted by Gasteiger charge is -2.34. The van der Waals surface area contributed by atoms with Gasteiger partial charge in [0.2, 0.25) is 5.91 Å². The first-order chi connectivity index (χ1) is 8.54. The molecule has 1 fully saturated rings. The normalized spacial score (nSPS) is 22.4. The highest BCUT2D eigenvalue weighted by molar-refractivity contribution is 9.09. The second-order valence-corrected chi connectivity index (χ2v) is 6.74. The Balaban J connectivity index is 1.81. The van der Waals surface area contributed by atoms with Crippen LogP contribution in [0.1, 0.15) is 18.4 Å². The second kappa shape index (κ2) is 6.07. The van der Waals surface area contributed by atoms with E-state index < -0.39 is 0 Å². The highest BCUT2D eigenvalue weighted by Crippen LogP contribution is 2.33. The van der Waals surface area contributed by atoms with Crippen LogP contribution in [0.5, 0.6) is 0 Å². The van der Waals surface area contributed by atoms with Crippen LogP contribution in [0.2, 0.25) is 5.02 Å². The number of hydrogen-bond donors (Lipinski definition) is 0. The minimum Gasteiger partial charge on any atom is -0.345 e. The number of hydrogen-bond acceptors (Lipinski definition) is 1. The Morgan fingerprint density at radius 3 is 2.56 bits per heavy atom. The summed E-state index contributed by atoms with van der Waals surface area (Å²) in [5.74, 6) is 0.837. The number of carbonyl (C=O) groups excluding carboxylic acids is 1. The quantitative estimate of drug-likeness (QED) is 0.774. The third-order valence-corrected chi connectivity index (χ3v) is 4.40. The standard InChI is InChI=1S/C14H17BrClNO/c1-17(9-11-6-12(15)7-11)14(18)8-10-2-4-13(16)5-3-10/h2-5,11-12H,6-9H2,1H3. The van der Waals surface area contributed by atoms with E-state index in [9.17, 15) is 4.79 Å². The van der Waals surface area contributed by atoms with Crippen molar-refractivity contribution in [2.75, 3.05) is 13.6 Å². The van der Waals surface area contributed by atoms with Crippen molar-refractivity contribution in [3.05, 3.63) is 34.9 Å². The number of nitrogens with zero attached hydrogens (tertiary/aromatic N) is 1. The van der Waals surface area contributed by atoms with E-state index in [1.807, 2.05) is 36.2 Å². The van der Waals surface area contributed by atoms with Crippen molar-refractivity contribution in [2.24, 2.45) is 5.92 Å². The molecule has 0 N–H and O–H groups in total. The van der Waals surface area contributed by atoms with Crippen LogP contribution in [0.3, 0.4) is 0 Å². The van der Waals surface area contributed by atoms with E-state index in [0.29, 0.717) is 22.2 Å². The van der Waals surface area contributed by atoms with Gasteiger partial charge in [0.05, 0.1) is 6.42 Å². The molecule has 1 amide bonds. The smallest absolute Gasteiger partial charge is 0.226 e. The maximum absolute atomic E-state index is 12.0. The molecule has 1 aliphatic rings. The predicted molar refractivity (Wildman–Crippen MR) is 78.2 cm³/mol. The van der Waals surface area contributed by atoms with Crippen molar-refractivity contribution in [1.29, 1.82) is 0 Å². The average molecular weight is 331 g/mol. The maximum atomic E-state index is 12.0. The van der Waals surface area contributed by atoms with Crippen LogP contribution in [0.25, 0.3) is 0 Å². The van der Waals surface area contributed by atoms with Crippen LogP contribution in [0.4, 0.5) is 0 Å². The van der Waals surface area contributed by atoms with Gasteiger partial charge in [-0.15, -0.1) is 0 Å². The molecule has 1 aromatic carbocycles. The van der Waals surface area contributed by atoms with Crippen molar-refractivity contribution in [1.82, 2.24) is 4.90 Å². The number of alkyl halides is 1. The van der Waals surface area contributed by atoms with E-state index in [1.54, 1.807) is 0 Å². The van der Waals surface area contributed by atoms with Crippen LogP contribution < -0.4 is 0 Å². The maximum Gasteiger partial charge on any atom is 0.226 e. The minimum absolute atomic E-state index is 0.176. The molecule has 1 saturated carbocycles. The van der Waals surface area contributed by atoms with Gasteiger partial charge in [0.15, 0.2) is 0 Å². The molecular weight excluding hydrogens is 314 g/mol. The Bertz CT molecular complexity index is 414. The van der Waals surface area contributed by atoms with Crippen molar-refractivity contribution in [2.45, 2.75) is 24.1 Å². The molecule has 18 heavy (non-hydrogen) atoms. The van der Waals surface area contributed by atoms with Crippen LogP contribution >= 0.6 is 27.5 Å². The molecule has 2 nitrogen and oxygen atoms in total. The molecule has 4 heteroatoms. The first-order valence-corrected chi connectivity index (χ1v) is 7.46. The van der Waals surface area contributed by atoms with Gasteiger partial charge >= 0.3 is 0 Å². The summed E-state index contributed by atoms with van der Waals surface area (Å²) in [5, 5.41) is 0.706. The summed E-state index contributed by atoms with van der Waals surface area (Å²) < 4.78 is 0. The Kier molecular flexibility index (Phi) is 4.68. The zero-order valence-corrected chi connectivity index (χ0v) is 12.7. The summed E-state index contributed by atoms with van der Waals surface area (Å²) in [4.78, 5) is 14.5. The summed E-state index contributed by atoms with van der Waals surface area (Å²) in [6.45, 7) is 0.870. The molecule has 1 aliphatic carbocycles. The minimum atomic E-state index is 0.176. The summed E-state index contributed by atoms with van der Waals surface area (Å²) in [5.41, 5.74) is 1.02. The number of likely N-dealkylation sites (N-methyl/N-ethyl adjacent to an activating group) is 1. The molecule has 2 rings (SSSR count). The van der Waals surface area contributed by atoms with Crippen LogP contribution in [-0.4, -0.2) is 29.2 Å². The molecule has 1 aromatic rings. The SMILES string of the molecule is CN(CC1CC(Br)C1)C(=O)Cc1ccc(Cl)cc1. The van der Waals surface area contributed by atoms with E-state index in [2.05, 4.69) is 15.9 Å². The third-order valence-electron chi connectivity index (χ3n) is 3.40. The van der Waals surface area contributed by atoms with E-state index >= 15 is 0 Å². The van der Waals surface area contributed by atoms with E-state index in [1.165, 1.54) is 12.8 Å². The number of amides is 1. The molecule has 0 radical (unpaired) electrons. The second-order valence-electron chi connectivity index (χ2n) is 5.01. The lowest BCUT2D eigenvalue weighted by molar-refractivity contribution is -0.130. The summed E-state index contributed by atoms with van der Waals surface area (Å²) >= 11 is 9.39. The van der Waals surface area contributed by atoms with Gasteiger partial charge in [-0.2, -0.15) is 0 Å². The topological polar surface area (TPSA) is 20.3 Å². The van der Waals surface area contributed by atoms with Crippen molar-refractivity contribution in [3.63, 3.8) is 0 Å². The molecule has 0 atom stereocenters. The van der Waals surface area contributed by atoms with Gasteiger partial charge in [0, 0.05) is 23.4 Å². The molecule has 0 aromatic heterocycles. The molecular formula is C14H17BrClNO. The summed E-state index contributed by atoms with van der Waals surface area (Å²) in [6.07, 6.45) is 2.81. The first kappa shape index (κ1) is 13.9. The molecule has 0 spiro atoms. The van der Waals surface area contributed by atoms with Crippen LogP contribution in [-0.2, 0) is 11.2 Å². The van der Waals surface area contributed by atoms with Gasteiger partial charge in [-0.25, -0.2) is 0 Å².